The minimum absolute atomic E-state index is 0.134. The van der Waals surface area contributed by atoms with Gasteiger partial charge in [-0.15, -0.1) is 0 Å². The van der Waals surface area contributed by atoms with Crippen LogP contribution in [-0.4, -0.2) is 0 Å². The zero-order chi connectivity index (χ0) is 48.4. The minimum atomic E-state index is -0.134. The molecule has 2 heterocycles. The van der Waals surface area contributed by atoms with E-state index in [0.29, 0.717) is 0 Å². The molecular weight excluding hydrogens is 921 g/mol. The molecule has 0 radical (unpaired) electrons. The van der Waals surface area contributed by atoms with Crippen LogP contribution in [0.5, 0.6) is 0 Å². The number of anilines is 6. The molecule has 0 bridgehead atoms. The number of para-hydroxylation sites is 4. The molecule has 0 aromatic heterocycles. The van der Waals surface area contributed by atoms with Crippen LogP contribution in [-0.2, 0) is 5.41 Å². The summed E-state index contributed by atoms with van der Waals surface area (Å²) < 4.78 is 0. The predicted molar refractivity (Wildman–Crippen MR) is 310 cm³/mol. The molecule has 0 N–H and O–H groups in total. The van der Waals surface area contributed by atoms with Gasteiger partial charge in [0.1, 0.15) is 0 Å². The van der Waals surface area contributed by atoms with Crippen molar-refractivity contribution in [3.63, 3.8) is 0 Å². The van der Waals surface area contributed by atoms with Gasteiger partial charge in [-0.05, 0) is 167 Å². The summed E-state index contributed by atoms with van der Waals surface area (Å²) in [5.41, 5.74) is 19.6. The van der Waals surface area contributed by atoms with Crippen LogP contribution >= 0.6 is 23.5 Å². The Labute approximate surface area is 434 Å². The van der Waals surface area contributed by atoms with Crippen molar-refractivity contribution in [3.05, 3.63) is 254 Å². The lowest BCUT2D eigenvalue weighted by Gasteiger charge is -2.34. The molecule has 12 aromatic rings. The summed E-state index contributed by atoms with van der Waals surface area (Å²) in [5, 5.41) is 7.30. The predicted octanol–water partition coefficient (Wildman–Crippen LogP) is 20.3. The number of hydrogen-bond donors (Lipinski definition) is 0. The van der Waals surface area contributed by atoms with Crippen molar-refractivity contribution in [2.24, 2.45) is 0 Å². The summed E-state index contributed by atoms with van der Waals surface area (Å²) in [6.07, 6.45) is 0. The van der Waals surface area contributed by atoms with Crippen molar-refractivity contribution in [2.75, 3.05) is 9.80 Å². The molecule has 1 aliphatic carbocycles. The Morgan fingerprint density at radius 3 is 1.33 bits per heavy atom. The minimum Gasteiger partial charge on any atom is -0.308 e. The van der Waals surface area contributed by atoms with Gasteiger partial charge in [0, 0.05) is 36.4 Å². The van der Waals surface area contributed by atoms with E-state index in [9.17, 15) is 0 Å². The van der Waals surface area contributed by atoms with Gasteiger partial charge < -0.3 is 9.80 Å². The number of rotatable bonds is 5. The highest BCUT2D eigenvalue weighted by Crippen LogP contribution is 2.57. The van der Waals surface area contributed by atoms with Crippen molar-refractivity contribution in [1.82, 2.24) is 0 Å². The molecule has 0 atom stereocenters. The van der Waals surface area contributed by atoms with Crippen LogP contribution in [0.4, 0.5) is 34.1 Å². The molecule has 0 saturated carbocycles. The molecule has 344 valence electrons. The van der Waals surface area contributed by atoms with Crippen LogP contribution in [0.25, 0.3) is 76.8 Å². The highest BCUT2D eigenvalue weighted by molar-refractivity contribution is 8.00. The summed E-state index contributed by atoms with van der Waals surface area (Å²) in [4.78, 5) is 9.94. The lowest BCUT2D eigenvalue weighted by Crippen LogP contribution is -2.15. The Kier molecular flexibility index (Phi) is 9.51. The van der Waals surface area contributed by atoms with Gasteiger partial charge in [0.05, 0.1) is 22.7 Å². The van der Waals surface area contributed by atoms with Crippen LogP contribution in [0.15, 0.2) is 262 Å². The maximum absolute atomic E-state index is 2.49. The fourth-order valence-corrected chi connectivity index (χ4v) is 14.4. The zero-order valence-electron chi connectivity index (χ0n) is 40.3. The molecule has 15 rings (SSSR count). The molecule has 0 fully saturated rings. The fourth-order valence-electron chi connectivity index (χ4n) is 12.3. The molecule has 12 aromatic carbocycles. The molecule has 2 aliphatic heterocycles. The van der Waals surface area contributed by atoms with E-state index in [1.165, 1.54) is 130 Å². The van der Waals surface area contributed by atoms with E-state index in [-0.39, 0.29) is 5.41 Å². The van der Waals surface area contributed by atoms with Gasteiger partial charge >= 0.3 is 0 Å². The van der Waals surface area contributed by atoms with E-state index >= 15 is 0 Å². The van der Waals surface area contributed by atoms with Crippen LogP contribution in [0.1, 0.15) is 25.0 Å². The summed E-state index contributed by atoms with van der Waals surface area (Å²) in [5.74, 6) is 0. The van der Waals surface area contributed by atoms with E-state index in [0.717, 1.165) is 11.4 Å². The second kappa shape index (κ2) is 16.4. The standard InChI is InChI=1S/C69H46N2S2/c1-69(2)57-25-8-7-22-49(57)50-37-34-44(40-58(50)69)48-21-5-6-23-51(48)67-53-38-35-46(71-61-28-11-15-32-65(61)73-66-33-16-12-29-62(66)71)42-56(53)68(52-24-17-19-43-18-3-4-20-47(43)52)54-39-36-45(41-55(54)67)70-59-26-9-13-30-63(59)72-64-31-14-10-27-60(64)70/h3-42H,1-2H3. The van der Waals surface area contributed by atoms with Gasteiger partial charge in [0.25, 0.3) is 0 Å². The van der Waals surface area contributed by atoms with E-state index in [1.807, 2.05) is 23.5 Å². The Morgan fingerprint density at radius 2 is 0.740 bits per heavy atom. The Morgan fingerprint density at radius 1 is 0.301 bits per heavy atom. The molecule has 73 heavy (non-hydrogen) atoms. The number of fused-ring (bicyclic) bond motifs is 10. The van der Waals surface area contributed by atoms with Crippen LogP contribution < -0.4 is 9.80 Å². The van der Waals surface area contributed by atoms with Gasteiger partial charge in [0.15, 0.2) is 0 Å². The van der Waals surface area contributed by atoms with E-state index in [2.05, 4.69) is 266 Å². The topological polar surface area (TPSA) is 6.48 Å². The monoisotopic (exact) mass is 966 g/mol. The second-order valence-corrected chi connectivity index (χ2v) is 22.1. The van der Waals surface area contributed by atoms with Crippen molar-refractivity contribution >= 4 is 90.0 Å². The third-order valence-electron chi connectivity index (χ3n) is 15.6. The molecule has 0 spiro atoms. The fraction of sp³-hybridized carbons (Fsp3) is 0.0435. The van der Waals surface area contributed by atoms with Crippen molar-refractivity contribution < 1.29 is 0 Å². The summed E-state index contributed by atoms with van der Waals surface area (Å²) in [6, 6.07) is 90.9. The normalized spacial score (nSPS) is 13.8. The molecule has 2 nitrogen and oxygen atoms in total. The highest BCUT2D eigenvalue weighted by Gasteiger charge is 2.36. The van der Waals surface area contributed by atoms with E-state index in [4.69, 9.17) is 0 Å². The highest BCUT2D eigenvalue weighted by atomic mass is 32.2. The van der Waals surface area contributed by atoms with Gasteiger partial charge in [-0.1, -0.05) is 201 Å². The van der Waals surface area contributed by atoms with E-state index < -0.39 is 0 Å². The van der Waals surface area contributed by atoms with Crippen molar-refractivity contribution in [1.29, 1.82) is 0 Å². The number of nitrogens with zero attached hydrogens (tertiary/aromatic N) is 2. The average Bonchev–Trinajstić information content (AvgIpc) is 3.69. The first-order chi connectivity index (χ1) is 36.0. The molecule has 0 unspecified atom stereocenters. The van der Waals surface area contributed by atoms with Gasteiger partial charge in [0.2, 0.25) is 0 Å². The summed E-state index contributed by atoms with van der Waals surface area (Å²) >= 11 is 3.70. The smallest absolute Gasteiger partial charge is 0.0601 e. The maximum Gasteiger partial charge on any atom is 0.0601 e. The van der Waals surface area contributed by atoms with Gasteiger partial charge in [-0.2, -0.15) is 0 Å². The van der Waals surface area contributed by atoms with Crippen LogP contribution in [0.2, 0.25) is 0 Å². The van der Waals surface area contributed by atoms with Crippen LogP contribution in [0.3, 0.4) is 0 Å². The van der Waals surface area contributed by atoms with E-state index in [1.54, 1.807) is 0 Å². The lowest BCUT2D eigenvalue weighted by atomic mass is 9.80. The molecular formula is C69H46N2S2. The Bertz CT molecular complexity index is 4190. The molecule has 3 aliphatic rings. The first kappa shape index (κ1) is 42.4. The maximum atomic E-state index is 2.49. The molecule has 4 heteroatoms. The average molecular weight is 967 g/mol. The Balaban J connectivity index is 1.06. The largest absolute Gasteiger partial charge is 0.308 e. The first-order valence-electron chi connectivity index (χ1n) is 25.2. The molecule has 0 amide bonds. The number of benzene rings is 12. The summed E-state index contributed by atoms with van der Waals surface area (Å²) in [7, 11) is 0. The van der Waals surface area contributed by atoms with Crippen molar-refractivity contribution in [2.45, 2.75) is 38.8 Å². The van der Waals surface area contributed by atoms with Crippen molar-refractivity contribution in [3.8, 4) is 44.5 Å². The summed E-state index contributed by atoms with van der Waals surface area (Å²) in [6.45, 7) is 4.76. The SMILES string of the molecule is CC1(C)c2ccccc2-c2ccc(-c3ccccc3-c3c4cc(N5c6ccccc6Sc6ccccc65)ccc4c(-c4cccc5ccccc45)c4cc(N5c6ccccc6Sc6ccccc65)ccc34)cc21. The third kappa shape index (κ3) is 6.47. The molecule has 0 saturated heterocycles. The Hall–Kier alpha value is -8.28. The second-order valence-electron chi connectivity index (χ2n) is 20.0. The first-order valence-corrected chi connectivity index (χ1v) is 26.8. The zero-order valence-corrected chi connectivity index (χ0v) is 41.9. The van der Waals surface area contributed by atoms with Gasteiger partial charge in [-0.25, -0.2) is 0 Å². The number of hydrogen-bond acceptors (Lipinski definition) is 4. The van der Waals surface area contributed by atoms with Gasteiger partial charge in [-0.3, -0.25) is 0 Å². The lowest BCUT2D eigenvalue weighted by molar-refractivity contribution is 0.660. The quantitative estimate of drug-likeness (QED) is 0.159. The third-order valence-corrected chi connectivity index (χ3v) is 17.9. The van der Waals surface area contributed by atoms with Crippen LogP contribution in [0, 0.1) is 0 Å².